The molecule has 5 heteroatoms. The Morgan fingerprint density at radius 2 is 0.920 bits per heavy atom. The Hall–Kier alpha value is -6.85. The number of fused-ring (bicyclic) bond motifs is 9. The Labute approximate surface area is 324 Å². The molecule has 0 aliphatic rings. The number of hydrogen-bond acceptors (Lipinski definition) is 3. The lowest BCUT2D eigenvalue weighted by Crippen LogP contribution is -2.06. The quantitative estimate of drug-likeness (QED) is 0.188. The fourth-order valence-corrected chi connectivity index (χ4v) is 6.18. The van der Waals surface area contributed by atoms with Gasteiger partial charge in [-0.25, -0.2) is 4.98 Å². The summed E-state index contributed by atoms with van der Waals surface area (Å²) < 4.78 is 243. The predicted molar refractivity (Wildman–Crippen MR) is 205 cm³/mol. The minimum atomic E-state index is -1.04. The molecule has 4 heterocycles. The molecule has 11 rings (SSSR count). The van der Waals surface area contributed by atoms with Crippen LogP contribution in [-0.2, 0) is 0 Å². The van der Waals surface area contributed by atoms with E-state index in [-0.39, 0.29) is 32.6 Å². The van der Waals surface area contributed by atoms with E-state index < -0.39 is 230 Å². The summed E-state index contributed by atoms with van der Waals surface area (Å²) in [6.45, 7) is 0. The zero-order valence-corrected chi connectivity index (χ0v) is 24.7. The van der Waals surface area contributed by atoms with Crippen molar-refractivity contribution in [3.8, 4) is 39.9 Å². The monoisotopic (exact) mass is 664 g/mol. The third-order valence-corrected chi connectivity index (χ3v) is 8.22. The van der Waals surface area contributed by atoms with Crippen LogP contribution in [0.3, 0.4) is 0 Å². The molecule has 0 unspecified atom stereocenters. The summed E-state index contributed by atoms with van der Waals surface area (Å²) in [6, 6.07) is -23.0. The van der Waals surface area contributed by atoms with Crippen LogP contribution in [0.15, 0.2) is 163 Å². The first-order valence-corrected chi connectivity index (χ1v) is 14.7. The molecule has 0 aliphatic carbocycles. The third-order valence-electron chi connectivity index (χ3n) is 8.22. The molecule has 0 bridgehead atoms. The first-order chi connectivity index (χ1) is 36.0. The van der Waals surface area contributed by atoms with Crippen LogP contribution in [-0.4, -0.2) is 23.9 Å². The molecule has 0 atom stereocenters. The molecule has 0 N–H and O–H groups in total. The molecule has 0 amide bonds. The van der Waals surface area contributed by atoms with Crippen LogP contribution in [0.2, 0.25) is 0 Å². The summed E-state index contributed by atoms with van der Waals surface area (Å²) in [4.78, 5) is 13.4. The average Bonchev–Trinajstić information content (AvgIpc) is 4.30. The van der Waals surface area contributed by atoms with Gasteiger partial charge in [-0.1, -0.05) is 139 Å². The standard InChI is InChI=1S/C45H27N5/c1-2-13-28(14-3-1)43-46-44(48-45(47-43)50-39-23-10-6-16-31(39)32-17-7-11-24-40(32)50)37-19-5-4-15-30(37)29-25-26-34-36-21-12-20-35-33-18-8-9-22-38(33)49(42(35)36)41(34)27-29/h1-27H/i1D,2D,3D,4D,5D,6D,7D,8D,9D,10D,11D,12D,13D,14D,15D,16D,17D,18D,19D,20D,21D,22D,23D,24D,25D,26D,27D. The van der Waals surface area contributed by atoms with Gasteiger partial charge in [0.25, 0.3) is 0 Å². The first kappa shape index (κ1) is 11.9. The maximum atomic E-state index is 9.97. The molecule has 232 valence electrons. The van der Waals surface area contributed by atoms with E-state index in [9.17, 15) is 6.85 Å². The van der Waals surface area contributed by atoms with Gasteiger partial charge in [0.2, 0.25) is 5.95 Å². The highest BCUT2D eigenvalue weighted by atomic mass is 15.2. The minimum absolute atomic E-state index is 0.200. The smallest absolute Gasteiger partial charge is 0.238 e. The molecule has 0 fully saturated rings. The van der Waals surface area contributed by atoms with Crippen LogP contribution in [0, 0.1) is 0 Å². The van der Waals surface area contributed by atoms with E-state index >= 15 is 0 Å². The average molecular weight is 665 g/mol. The van der Waals surface area contributed by atoms with Gasteiger partial charge >= 0.3 is 0 Å². The van der Waals surface area contributed by atoms with Crippen molar-refractivity contribution in [1.29, 1.82) is 0 Å². The Balaban J connectivity index is 1.38. The van der Waals surface area contributed by atoms with E-state index in [1.54, 1.807) is 0 Å². The van der Waals surface area contributed by atoms with Gasteiger partial charge in [0, 0.05) is 43.4 Å². The molecule has 4 aromatic heterocycles. The lowest BCUT2D eigenvalue weighted by molar-refractivity contribution is 0.953. The summed E-state index contributed by atoms with van der Waals surface area (Å²) in [5, 5.41) is -2.19. The summed E-state index contributed by atoms with van der Waals surface area (Å²) in [5.74, 6) is -2.70. The van der Waals surface area contributed by atoms with Crippen molar-refractivity contribution in [1.82, 2.24) is 23.9 Å². The van der Waals surface area contributed by atoms with Crippen molar-refractivity contribution in [3.05, 3.63) is 163 Å². The second-order valence-electron chi connectivity index (χ2n) is 10.8. The van der Waals surface area contributed by atoms with Crippen molar-refractivity contribution >= 4 is 59.9 Å². The van der Waals surface area contributed by atoms with Gasteiger partial charge in [-0.3, -0.25) is 4.57 Å². The zero-order chi connectivity index (χ0) is 56.3. The van der Waals surface area contributed by atoms with E-state index in [4.69, 9.17) is 30.2 Å². The van der Waals surface area contributed by atoms with Crippen LogP contribution in [0.5, 0.6) is 0 Å². The van der Waals surface area contributed by atoms with E-state index in [1.165, 1.54) is 0 Å². The van der Waals surface area contributed by atoms with Crippen LogP contribution in [0.25, 0.3) is 99.8 Å². The molecule has 0 spiro atoms. The normalized spacial score (nSPS) is 19.6. The van der Waals surface area contributed by atoms with Gasteiger partial charge in [0.15, 0.2) is 11.6 Å². The number of para-hydroxylation sites is 4. The number of rotatable bonds is 4. The lowest BCUT2D eigenvalue weighted by Gasteiger charge is -2.13. The topological polar surface area (TPSA) is 48.0 Å². The van der Waals surface area contributed by atoms with E-state index in [0.29, 0.717) is 0 Å². The highest BCUT2D eigenvalue weighted by molar-refractivity contribution is 6.23. The fourth-order valence-electron chi connectivity index (χ4n) is 6.18. The summed E-state index contributed by atoms with van der Waals surface area (Å²) >= 11 is 0. The Morgan fingerprint density at radius 3 is 1.64 bits per heavy atom. The maximum absolute atomic E-state index is 9.97. The Kier molecular flexibility index (Phi) is 2.46. The van der Waals surface area contributed by atoms with Gasteiger partial charge in [-0.15, -0.1) is 0 Å². The van der Waals surface area contributed by atoms with Gasteiger partial charge in [-0.05, 0) is 35.3 Å². The largest absolute Gasteiger partial charge is 0.308 e. The van der Waals surface area contributed by atoms with Crippen LogP contribution in [0.1, 0.15) is 37.0 Å². The van der Waals surface area contributed by atoms with Crippen molar-refractivity contribution in [2.75, 3.05) is 0 Å². The molecule has 50 heavy (non-hydrogen) atoms. The van der Waals surface area contributed by atoms with Gasteiger partial charge in [-0.2, -0.15) is 9.97 Å². The minimum Gasteiger partial charge on any atom is -0.308 e. The van der Waals surface area contributed by atoms with E-state index in [1.807, 2.05) is 0 Å². The highest BCUT2D eigenvalue weighted by Gasteiger charge is 2.21. The molecule has 11 aromatic rings. The van der Waals surface area contributed by atoms with Crippen molar-refractivity contribution in [2.45, 2.75) is 0 Å². The fraction of sp³-hybridized carbons (Fsp3) is 0. The second kappa shape index (κ2) is 10.3. The number of aromatic nitrogens is 5. The maximum Gasteiger partial charge on any atom is 0.238 e. The van der Waals surface area contributed by atoms with Gasteiger partial charge in [0.05, 0.1) is 64.6 Å². The zero-order valence-electron chi connectivity index (χ0n) is 51.7. The molecular formula is C45H27N5. The molecule has 0 saturated carbocycles. The van der Waals surface area contributed by atoms with Crippen molar-refractivity contribution in [3.63, 3.8) is 0 Å². The van der Waals surface area contributed by atoms with E-state index in [2.05, 4.69) is 15.0 Å². The number of hydrogen-bond donors (Lipinski definition) is 0. The second-order valence-corrected chi connectivity index (χ2v) is 10.8. The third kappa shape index (κ3) is 3.80. The predicted octanol–water partition coefficient (Wildman–Crippen LogP) is 11.1. The highest BCUT2D eigenvalue weighted by Crippen LogP contribution is 2.41. The number of benzene rings is 7. The van der Waals surface area contributed by atoms with Crippen molar-refractivity contribution in [2.24, 2.45) is 0 Å². The van der Waals surface area contributed by atoms with Crippen molar-refractivity contribution < 1.29 is 37.0 Å². The lowest BCUT2D eigenvalue weighted by atomic mass is 9.97. The summed E-state index contributed by atoms with van der Waals surface area (Å²) in [5.41, 5.74) is -5.45. The van der Waals surface area contributed by atoms with Crippen LogP contribution >= 0.6 is 0 Å². The summed E-state index contributed by atoms with van der Waals surface area (Å²) in [6.07, 6.45) is 0. The molecule has 0 radical (unpaired) electrons. The first-order valence-electron chi connectivity index (χ1n) is 28.2. The Morgan fingerprint density at radius 1 is 0.380 bits per heavy atom. The Bertz CT molecular complexity index is 4550. The van der Waals surface area contributed by atoms with Crippen LogP contribution < -0.4 is 0 Å². The number of nitrogens with zero attached hydrogens (tertiary/aromatic N) is 5. The van der Waals surface area contributed by atoms with Gasteiger partial charge in [0.1, 0.15) is 0 Å². The molecule has 0 saturated heterocycles. The molecular weight excluding hydrogens is 611 g/mol. The van der Waals surface area contributed by atoms with Gasteiger partial charge < -0.3 is 4.40 Å². The van der Waals surface area contributed by atoms with Crippen LogP contribution in [0.4, 0.5) is 0 Å². The van der Waals surface area contributed by atoms with E-state index in [0.717, 1.165) is 8.97 Å². The molecule has 0 aliphatic heterocycles. The SMILES string of the molecule is [2H]c1c([2H])c([2H])c(-c2nc(-c3c([2H])c([2H])c([2H])c([2H])c3-c3c([2H])c([2H])c4c5c([2H])c([2H])c([2H])c6c7c([2H])c([2H])c([2H])c([2H])c7n(c4c3[2H])c65)nc(-n3c4c([2H])c([2H])c([2H])c([2H])c4c4c([2H])c([2H])c([2H])c([2H])c43)n2)c([2H])c1[2H]. The summed E-state index contributed by atoms with van der Waals surface area (Å²) in [7, 11) is 0. The molecule has 5 nitrogen and oxygen atoms in total. The molecule has 7 aromatic carbocycles.